The maximum atomic E-state index is 13.4. The van der Waals surface area contributed by atoms with Crippen LogP contribution in [0, 0.1) is 5.82 Å². The van der Waals surface area contributed by atoms with Gasteiger partial charge in [0.25, 0.3) is 17.6 Å². The van der Waals surface area contributed by atoms with Gasteiger partial charge in [0.15, 0.2) is 6.04 Å². The number of amides is 4. The number of nitrogens with zero attached hydrogens (tertiary/aromatic N) is 4. The summed E-state index contributed by atoms with van der Waals surface area (Å²) in [5, 5.41) is 2.54. The van der Waals surface area contributed by atoms with Crippen molar-refractivity contribution in [3.05, 3.63) is 34.1 Å². The van der Waals surface area contributed by atoms with Crippen LogP contribution in [0.15, 0.2) is 27.7 Å². The number of carbonyl (C=O) groups is 5. The first-order valence-electron chi connectivity index (χ1n) is 10.2. The summed E-state index contributed by atoms with van der Waals surface area (Å²) in [6, 6.07) is 1.84. The van der Waals surface area contributed by atoms with E-state index in [9.17, 15) is 28.4 Å². The lowest BCUT2D eigenvalue weighted by atomic mass is 9.98. The summed E-state index contributed by atoms with van der Waals surface area (Å²) in [5.41, 5.74) is 0.573. The summed E-state index contributed by atoms with van der Waals surface area (Å²) in [6.45, 7) is 0.213. The molecule has 1 fully saturated rings. The molecule has 1 aromatic rings. The van der Waals surface area contributed by atoms with Crippen LogP contribution in [0.3, 0.4) is 0 Å². The Morgan fingerprint density at radius 1 is 1.21 bits per heavy atom. The fourth-order valence-electron chi connectivity index (χ4n) is 3.63. The van der Waals surface area contributed by atoms with Crippen LogP contribution < -0.4 is 5.32 Å². The lowest BCUT2D eigenvalue weighted by Gasteiger charge is -2.40. The Hall–Kier alpha value is -3.15. The standard InChI is InChI=1S/C21H23BrFN5O5/c1-26(2)20(32)21(33)27(3)14-5-4-8-28-17(14)25-15(16(29)19(28)31)18(30)24-10-11-6-7-13(23)12(22)9-11/h6-7,9,14-15H,4-5,8,10H2,1-3H3,(H,24,30). The average molecular weight is 524 g/mol. The number of halogens is 2. The van der Waals surface area contributed by atoms with Crippen molar-refractivity contribution in [3.8, 4) is 0 Å². The second kappa shape index (κ2) is 9.77. The third-order valence-electron chi connectivity index (χ3n) is 5.48. The Kier molecular flexibility index (Phi) is 7.25. The Balaban J connectivity index is 1.83. The van der Waals surface area contributed by atoms with Gasteiger partial charge in [0.2, 0.25) is 0 Å². The van der Waals surface area contributed by atoms with Crippen LogP contribution in [0.2, 0.25) is 0 Å². The monoisotopic (exact) mass is 523 g/mol. The highest BCUT2D eigenvalue weighted by molar-refractivity contribution is 9.10. The molecule has 33 heavy (non-hydrogen) atoms. The molecule has 0 radical (unpaired) electrons. The van der Waals surface area contributed by atoms with Gasteiger partial charge in [-0.1, -0.05) is 6.07 Å². The first-order valence-corrected chi connectivity index (χ1v) is 11.0. The number of fused-ring (bicyclic) bond motifs is 1. The highest BCUT2D eigenvalue weighted by Crippen LogP contribution is 2.23. The van der Waals surface area contributed by atoms with E-state index in [1.165, 1.54) is 49.1 Å². The summed E-state index contributed by atoms with van der Waals surface area (Å²) >= 11 is 3.06. The van der Waals surface area contributed by atoms with Crippen molar-refractivity contribution in [2.24, 2.45) is 4.99 Å². The van der Waals surface area contributed by atoms with Gasteiger partial charge in [-0.05, 0) is 46.5 Å². The van der Waals surface area contributed by atoms with Gasteiger partial charge in [-0.3, -0.25) is 28.9 Å². The SMILES string of the molecule is CN(C)C(=O)C(=O)N(C)C1CCCN2C(=O)C(=O)C(C(=O)NCc3ccc(F)c(Br)c3)N=C12. The topological polar surface area (TPSA) is 119 Å². The molecule has 1 aromatic carbocycles. The van der Waals surface area contributed by atoms with E-state index in [0.717, 1.165) is 4.90 Å². The van der Waals surface area contributed by atoms with Crippen LogP contribution in [0.25, 0.3) is 0 Å². The zero-order valence-corrected chi connectivity index (χ0v) is 19.9. The van der Waals surface area contributed by atoms with E-state index < -0.39 is 47.3 Å². The van der Waals surface area contributed by atoms with Gasteiger partial charge in [-0.15, -0.1) is 0 Å². The number of carbonyl (C=O) groups excluding carboxylic acids is 5. The van der Waals surface area contributed by atoms with Gasteiger partial charge in [0.05, 0.1) is 10.5 Å². The number of nitrogens with one attached hydrogen (secondary N) is 1. The van der Waals surface area contributed by atoms with Crippen LogP contribution in [0.5, 0.6) is 0 Å². The molecule has 2 atom stereocenters. The smallest absolute Gasteiger partial charge is 0.312 e. The number of piperidine rings is 1. The summed E-state index contributed by atoms with van der Waals surface area (Å²) in [6.07, 6.45) is 0.907. The number of amidine groups is 1. The Bertz CT molecular complexity index is 1060. The number of likely N-dealkylation sites (N-methyl/N-ethyl adjacent to an activating group) is 2. The number of rotatable bonds is 4. The maximum Gasteiger partial charge on any atom is 0.312 e. The molecule has 0 spiro atoms. The molecule has 1 N–H and O–H groups in total. The molecular weight excluding hydrogens is 501 g/mol. The molecule has 0 bridgehead atoms. The first kappa shape index (κ1) is 24.5. The highest BCUT2D eigenvalue weighted by Gasteiger charge is 2.46. The van der Waals surface area contributed by atoms with Crippen LogP contribution >= 0.6 is 15.9 Å². The van der Waals surface area contributed by atoms with Gasteiger partial charge in [0.1, 0.15) is 11.7 Å². The summed E-state index contributed by atoms with van der Waals surface area (Å²) < 4.78 is 13.6. The second-order valence-electron chi connectivity index (χ2n) is 7.95. The molecular formula is C21H23BrFN5O5. The number of hydrogen-bond donors (Lipinski definition) is 1. The van der Waals surface area contributed by atoms with Gasteiger partial charge in [-0.2, -0.15) is 0 Å². The van der Waals surface area contributed by atoms with Crippen molar-refractivity contribution in [2.45, 2.75) is 31.5 Å². The number of ketones is 1. The molecule has 3 rings (SSSR count). The molecule has 0 aliphatic carbocycles. The molecule has 10 nitrogen and oxygen atoms in total. The predicted molar refractivity (Wildman–Crippen MR) is 118 cm³/mol. The molecule has 0 aromatic heterocycles. The summed E-state index contributed by atoms with van der Waals surface area (Å²) in [4.78, 5) is 70.4. The van der Waals surface area contributed by atoms with Crippen molar-refractivity contribution < 1.29 is 28.4 Å². The van der Waals surface area contributed by atoms with E-state index in [1.54, 1.807) is 0 Å². The Morgan fingerprint density at radius 3 is 2.55 bits per heavy atom. The van der Waals surface area contributed by atoms with E-state index in [2.05, 4.69) is 26.2 Å². The molecule has 0 saturated carbocycles. The molecule has 176 valence electrons. The average Bonchev–Trinajstić information content (AvgIpc) is 2.79. The Labute approximate surface area is 197 Å². The molecule has 4 amide bonds. The van der Waals surface area contributed by atoms with Crippen molar-refractivity contribution in [3.63, 3.8) is 0 Å². The largest absolute Gasteiger partial charge is 0.350 e. The van der Waals surface area contributed by atoms with Crippen LogP contribution in [0.1, 0.15) is 18.4 Å². The molecule has 12 heteroatoms. The second-order valence-corrected chi connectivity index (χ2v) is 8.81. The van der Waals surface area contributed by atoms with E-state index in [-0.39, 0.29) is 23.4 Å². The summed E-state index contributed by atoms with van der Waals surface area (Å²) in [5.74, 6) is -4.53. The lowest BCUT2D eigenvalue weighted by molar-refractivity contribution is -0.151. The van der Waals surface area contributed by atoms with Crippen molar-refractivity contribution >= 4 is 51.2 Å². The first-order chi connectivity index (χ1) is 15.5. The number of Topliss-reactive ketones (excluding diaryl/α,β-unsaturated/α-hetero) is 1. The van der Waals surface area contributed by atoms with Crippen LogP contribution in [0.4, 0.5) is 4.39 Å². The minimum absolute atomic E-state index is 0.0105. The quantitative estimate of drug-likeness (QED) is 0.443. The van der Waals surface area contributed by atoms with Crippen LogP contribution in [-0.2, 0) is 30.5 Å². The molecule has 2 aliphatic rings. The van der Waals surface area contributed by atoms with E-state index >= 15 is 0 Å². The lowest BCUT2D eigenvalue weighted by Crippen LogP contribution is -2.62. The van der Waals surface area contributed by atoms with Crippen molar-refractivity contribution in [1.29, 1.82) is 0 Å². The van der Waals surface area contributed by atoms with Crippen molar-refractivity contribution in [2.75, 3.05) is 27.7 Å². The maximum absolute atomic E-state index is 13.4. The molecule has 1 saturated heterocycles. The van der Waals surface area contributed by atoms with Gasteiger partial charge >= 0.3 is 11.8 Å². The molecule has 2 heterocycles. The third kappa shape index (κ3) is 4.95. The Morgan fingerprint density at radius 2 is 1.91 bits per heavy atom. The molecule has 2 aliphatic heterocycles. The minimum atomic E-state index is -1.61. The molecule has 2 unspecified atom stereocenters. The number of hydrogen-bond acceptors (Lipinski definition) is 6. The summed E-state index contributed by atoms with van der Waals surface area (Å²) in [7, 11) is 4.31. The van der Waals surface area contributed by atoms with E-state index in [0.29, 0.717) is 18.4 Å². The fraction of sp³-hybridized carbons (Fsp3) is 0.429. The predicted octanol–water partition coefficient (Wildman–Crippen LogP) is 0.0918. The van der Waals surface area contributed by atoms with E-state index in [4.69, 9.17) is 0 Å². The highest BCUT2D eigenvalue weighted by atomic mass is 79.9. The van der Waals surface area contributed by atoms with Gasteiger partial charge in [-0.25, -0.2) is 9.38 Å². The van der Waals surface area contributed by atoms with E-state index in [1.807, 2.05) is 0 Å². The normalized spacial score (nSPS) is 20.0. The van der Waals surface area contributed by atoms with Crippen molar-refractivity contribution in [1.82, 2.24) is 20.0 Å². The third-order valence-corrected chi connectivity index (χ3v) is 6.08. The van der Waals surface area contributed by atoms with Gasteiger partial charge < -0.3 is 15.1 Å². The zero-order valence-electron chi connectivity index (χ0n) is 18.3. The zero-order chi connectivity index (χ0) is 24.4. The van der Waals surface area contributed by atoms with Crippen LogP contribution in [-0.4, -0.2) is 89.7 Å². The number of benzene rings is 1. The minimum Gasteiger partial charge on any atom is -0.350 e. The number of aliphatic imine (C=N–C) groups is 1. The fourth-order valence-corrected chi connectivity index (χ4v) is 4.06. The van der Waals surface area contributed by atoms with Gasteiger partial charge in [0, 0.05) is 34.2 Å².